The van der Waals surface area contributed by atoms with Gasteiger partial charge in [0.05, 0.1) is 12.0 Å². The summed E-state index contributed by atoms with van der Waals surface area (Å²) in [7, 11) is 0. The zero-order valence-electron chi connectivity index (χ0n) is 11.8. The van der Waals surface area contributed by atoms with Crippen LogP contribution in [0.25, 0.3) is 0 Å². The second-order valence-corrected chi connectivity index (χ2v) is 6.88. The van der Waals surface area contributed by atoms with Gasteiger partial charge < -0.3 is 0 Å². The Hall–Kier alpha value is -1.03. The van der Waals surface area contributed by atoms with Crippen molar-refractivity contribution in [3.8, 4) is 6.07 Å². The highest BCUT2D eigenvalue weighted by molar-refractivity contribution is 5.40. The smallest absolute Gasteiger partial charge is 0.0854 e. The molecule has 0 aromatic heterocycles. The largest absolute Gasteiger partial charge is 0.197 e. The molecule has 0 heterocycles. The van der Waals surface area contributed by atoms with Gasteiger partial charge in [-0.15, -0.1) is 0 Å². The van der Waals surface area contributed by atoms with Crippen molar-refractivity contribution in [2.75, 3.05) is 0 Å². The van der Waals surface area contributed by atoms with E-state index in [1.165, 1.54) is 11.1 Å². The summed E-state index contributed by atoms with van der Waals surface area (Å²) in [5, 5.41) is 9.21. The lowest BCUT2D eigenvalue weighted by Gasteiger charge is -2.33. The van der Waals surface area contributed by atoms with Gasteiger partial charge in [0.2, 0.25) is 0 Å². The van der Waals surface area contributed by atoms with Crippen LogP contribution in [-0.2, 0) is 0 Å². The van der Waals surface area contributed by atoms with E-state index in [-0.39, 0.29) is 16.7 Å². The van der Waals surface area contributed by atoms with Crippen LogP contribution >= 0.6 is 0 Å². The first-order valence-electron chi connectivity index (χ1n) is 6.53. The van der Waals surface area contributed by atoms with Gasteiger partial charge in [-0.25, -0.2) is 0 Å². The maximum atomic E-state index is 9.21. The van der Waals surface area contributed by atoms with Crippen LogP contribution in [0.2, 0.25) is 0 Å². The number of hydrogen-bond donors (Lipinski definition) is 0. The summed E-state index contributed by atoms with van der Waals surface area (Å²) in [6.07, 6.45) is 4.57. The molecule has 3 unspecified atom stereocenters. The third kappa shape index (κ3) is 1.50. The standard InChI is InChI=1S/C16H23N/c1-10-7-13-14(8-12(10)9-17)16(5,6)11(2)15(13,3)4/h7-8,11-13H,1-6H3. The predicted molar refractivity (Wildman–Crippen MR) is 71.2 cm³/mol. The van der Waals surface area contributed by atoms with Gasteiger partial charge in [-0.3, -0.25) is 0 Å². The van der Waals surface area contributed by atoms with Crippen LogP contribution in [0.15, 0.2) is 23.3 Å². The quantitative estimate of drug-likeness (QED) is 0.567. The second kappa shape index (κ2) is 3.48. The Balaban J connectivity index is 2.56. The van der Waals surface area contributed by atoms with Crippen LogP contribution in [0, 0.1) is 39.9 Å². The topological polar surface area (TPSA) is 23.8 Å². The molecule has 0 radical (unpaired) electrons. The molecule has 0 spiro atoms. The van der Waals surface area contributed by atoms with Gasteiger partial charge in [-0.2, -0.15) is 5.26 Å². The molecule has 92 valence electrons. The summed E-state index contributed by atoms with van der Waals surface area (Å²) in [6.45, 7) is 13.8. The van der Waals surface area contributed by atoms with Crippen molar-refractivity contribution >= 4 is 0 Å². The maximum Gasteiger partial charge on any atom is 0.0854 e. The predicted octanol–water partition coefficient (Wildman–Crippen LogP) is 4.33. The van der Waals surface area contributed by atoms with E-state index >= 15 is 0 Å². The molecule has 3 atom stereocenters. The van der Waals surface area contributed by atoms with Gasteiger partial charge in [-0.1, -0.05) is 57.9 Å². The van der Waals surface area contributed by atoms with Crippen molar-refractivity contribution < 1.29 is 0 Å². The Bertz CT molecular complexity index is 443. The molecule has 2 rings (SSSR count). The minimum Gasteiger partial charge on any atom is -0.197 e. The number of nitrogens with zero attached hydrogens (tertiary/aromatic N) is 1. The molecule has 0 aromatic rings. The first-order valence-corrected chi connectivity index (χ1v) is 6.53. The van der Waals surface area contributed by atoms with Crippen LogP contribution in [-0.4, -0.2) is 0 Å². The molecule has 0 aliphatic heterocycles. The maximum absolute atomic E-state index is 9.21. The molecule has 0 amide bonds. The van der Waals surface area contributed by atoms with Crippen molar-refractivity contribution in [2.24, 2.45) is 28.6 Å². The van der Waals surface area contributed by atoms with E-state index in [0.29, 0.717) is 11.8 Å². The summed E-state index contributed by atoms with van der Waals surface area (Å²) in [4.78, 5) is 0. The van der Waals surface area contributed by atoms with Crippen LogP contribution < -0.4 is 0 Å². The summed E-state index contributed by atoms with van der Waals surface area (Å²) >= 11 is 0. The molecular weight excluding hydrogens is 206 g/mol. The van der Waals surface area contributed by atoms with Crippen LogP contribution in [0.3, 0.4) is 0 Å². The van der Waals surface area contributed by atoms with Crippen molar-refractivity contribution in [3.63, 3.8) is 0 Å². The Morgan fingerprint density at radius 2 is 1.76 bits per heavy atom. The van der Waals surface area contributed by atoms with Gasteiger partial charge in [0.1, 0.15) is 0 Å². The van der Waals surface area contributed by atoms with Crippen molar-refractivity contribution in [2.45, 2.75) is 41.5 Å². The summed E-state index contributed by atoms with van der Waals surface area (Å²) in [5.74, 6) is 1.13. The van der Waals surface area contributed by atoms with Crippen molar-refractivity contribution in [1.82, 2.24) is 0 Å². The fourth-order valence-electron chi connectivity index (χ4n) is 3.69. The highest BCUT2D eigenvalue weighted by atomic mass is 14.6. The van der Waals surface area contributed by atoms with Crippen LogP contribution in [0.4, 0.5) is 0 Å². The fraction of sp³-hybridized carbons (Fsp3) is 0.688. The molecule has 1 saturated carbocycles. The summed E-state index contributed by atoms with van der Waals surface area (Å²) < 4.78 is 0. The van der Waals surface area contributed by atoms with E-state index in [4.69, 9.17) is 0 Å². The van der Waals surface area contributed by atoms with Gasteiger partial charge in [-0.05, 0) is 23.7 Å². The molecule has 17 heavy (non-hydrogen) atoms. The first kappa shape index (κ1) is 12.4. The van der Waals surface area contributed by atoms with Crippen LogP contribution in [0.1, 0.15) is 41.5 Å². The van der Waals surface area contributed by atoms with E-state index in [0.717, 1.165) is 0 Å². The minimum atomic E-state index is -0.0124. The normalized spacial score (nSPS) is 37.8. The monoisotopic (exact) mass is 229 g/mol. The van der Waals surface area contributed by atoms with Crippen LogP contribution in [0.5, 0.6) is 0 Å². The Kier molecular flexibility index (Phi) is 2.54. The molecule has 0 bridgehead atoms. The van der Waals surface area contributed by atoms with Gasteiger partial charge in [0.15, 0.2) is 0 Å². The Morgan fingerprint density at radius 3 is 2.29 bits per heavy atom. The number of allylic oxidation sites excluding steroid dienone is 4. The SMILES string of the molecule is CC1=CC2C(=CC1C#N)C(C)(C)C(C)C2(C)C. The molecule has 0 aromatic carbocycles. The van der Waals surface area contributed by atoms with Crippen molar-refractivity contribution in [1.29, 1.82) is 5.26 Å². The van der Waals surface area contributed by atoms with E-state index in [1.54, 1.807) is 0 Å². The summed E-state index contributed by atoms with van der Waals surface area (Å²) in [6, 6.07) is 2.40. The molecule has 0 N–H and O–H groups in total. The number of nitriles is 1. The third-order valence-corrected chi connectivity index (χ3v) is 5.48. The van der Waals surface area contributed by atoms with Gasteiger partial charge in [0, 0.05) is 5.92 Å². The average molecular weight is 229 g/mol. The first-order chi connectivity index (χ1) is 7.72. The zero-order chi connectivity index (χ0) is 13.0. The lowest BCUT2D eigenvalue weighted by Crippen LogP contribution is -2.26. The Morgan fingerprint density at radius 1 is 1.18 bits per heavy atom. The number of hydrogen-bond acceptors (Lipinski definition) is 1. The highest BCUT2D eigenvalue weighted by Crippen LogP contribution is 2.62. The van der Waals surface area contributed by atoms with Gasteiger partial charge in [0.25, 0.3) is 0 Å². The number of rotatable bonds is 0. The zero-order valence-corrected chi connectivity index (χ0v) is 11.8. The molecule has 0 saturated heterocycles. The Labute approximate surface area is 105 Å². The number of fused-ring (bicyclic) bond motifs is 1. The lowest BCUT2D eigenvalue weighted by molar-refractivity contribution is 0.169. The molecule has 1 heteroatoms. The molecule has 1 nitrogen and oxygen atoms in total. The lowest BCUT2D eigenvalue weighted by atomic mass is 9.71. The second-order valence-electron chi connectivity index (χ2n) is 6.88. The highest BCUT2D eigenvalue weighted by Gasteiger charge is 2.54. The fourth-order valence-corrected chi connectivity index (χ4v) is 3.69. The summed E-state index contributed by atoms with van der Waals surface area (Å²) in [5.41, 5.74) is 3.20. The van der Waals surface area contributed by atoms with E-state index < -0.39 is 0 Å². The molecule has 2 aliphatic carbocycles. The molecule has 1 fully saturated rings. The molecule has 2 aliphatic rings. The third-order valence-electron chi connectivity index (χ3n) is 5.48. The van der Waals surface area contributed by atoms with E-state index in [1.807, 2.05) is 0 Å². The van der Waals surface area contributed by atoms with Crippen molar-refractivity contribution in [3.05, 3.63) is 23.3 Å². The minimum absolute atomic E-state index is 0.0124. The van der Waals surface area contributed by atoms with E-state index in [2.05, 4.69) is 59.8 Å². The van der Waals surface area contributed by atoms with E-state index in [9.17, 15) is 5.26 Å². The molecular formula is C16H23N. The van der Waals surface area contributed by atoms with Gasteiger partial charge >= 0.3 is 0 Å². The average Bonchev–Trinajstić information content (AvgIpc) is 2.38.